The van der Waals surface area contributed by atoms with Crippen LogP contribution in [0.2, 0.25) is 0 Å². The molecule has 1 amide bonds. The zero-order valence-electron chi connectivity index (χ0n) is 12.0. The molecule has 2 N–H and O–H groups in total. The van der Waals surface area contributed by atoms with Gasteiger partial charge in [-0.15, -0.1) is 0 Å². The number of hydrogen-bond acceptors (Lipinski definition) is 3. The summed E-state index contributed by atoms with van der Waals surface area (Å²) >= 11 is 0. The number of carbonyl (C=O) groups is 2. The van der Waals surface area contributed by atoms with Crippen molar-refractivity contribution in [1.82, 2.24) is 5.32 Å². The van der Waals surface area contributed by atoms with Crippen LogP contribution in [0.15, 0.2) is 34.7 Å². The lowest BCUT2D eigenvalue weighted by atomic mass is 10.1. The molecule has 1 heterocycles. The maximum atomic E-state index is 12.0. The second-order valence-electron chi connectivity index (χ2n) is 4.72. The number of benzene rings is 1. The van der Waals surface area contributed by atoms with E-state index in [0.29, 0.717) is 18.7 Å². The van der Waals surface area contributed by atoms with Crippen molar-refractivity contribution in [3.63, 3.8) is 0 Å². The van der Waals surface area contributed by atoms with Gasteiger partial charge in [-0.3, -0.25) is 4.79 Å². The lowest BCUT2D eigenvalue weighted by Crippen LogP contribution is -2.22. The van der Waals surface area contributed by atoms with Gasteiger partial charge in [-0.1, -0.05) is 31.2 Å². The van der Waals surface area contributed by atoms with Gasteiger partial charge in [-0.05, 0) is 18.1 Å². The summed E-state index contributed by atoms with van der Waals surface area (Å²) in [4.78, 5) is 23.1. The fourth-order valence-electron chi connectivity index (χ4n) is 2.06. The Hall–Kier alpha value is -2.56. The number of carbonyl (C=O) groups excluding carboxylic acids is 1. The van der Waals surface area contributed by atoms with Crippen LogP contribution in [0.25, 0.3) is 0 Å². The first-order valence-corrected chi connectivity index (χ1v) is 6.71. The van der Waals surface area contributed by atoms with Crippen molar-refractivity contribution in [2.45, 2.75) is 26.8 Å². The van der Waals surface area contributed by atoms with E-state index in [1.165, 1.54) is 6.07 Å². The Morgan fingerprint density at radius 1 is 1.29 bits per heavy atom. The largest absolute Gasteiger partial charge is 0.478 e. The van der Waals surface area contributed by atoms with Crippen molar-refractivity contribution in [2.24, 2.45) is 0 Å². The van der Waals surface area contributed by atoms with E-state index in [1.807, 2.05) is 31.2 Å². The summed E-state index contributed by atoms with van der Waals surface area (Å²) in [6, 6.07) is 9.00. The SMILES string of the molecule is CCc1oc(C(=O)NCc2ccccc2C)cc1C(=O)O. The summed E-state index contributed by atoms with van der Waals surface area (Å²) in [7, 11) is 0. The van der Waals surface area contributed by atoms with Gasteiger partial charge in [0, 0.05) is 19.0 Å². The Kier molecular flexibility index (Phi) is 4.42. The Morgan fingerprint density at radius 2 is 2.00 bits per heavy atom. The van der Waals surface area contributed by atoms with E-state index in [9.17, 15) is 9.59 Å². The molecule has 1 aromatic heterocycles. The van der Waals surface area contributed by atoms with Gasteiger partial charge in [0.15, 0.2) is 5.76 Å². The van der Waals surface area contributed by atoms with Gasteiger partial charge in [0.25, 0.3) is 5.91 Å². The predicted octanol–water partition coefficient (Wildman–Crippen LogP) is 2.78. The van der Waals surface area contributed by atoms with E-state index in [4.69, 9.17) is 9.52 Å². The molecular weight excluding hydrogens is 270 g/mol. The molecule has 0 aliphatic rings. The molecule has 0 aliphatic carbocycles. The molecule has 0 radical (unpaired) electrons. The fraction of sp³-hybridized carbons (Fsp3) is 0.250. The maximum Gasteiger partial charge on any atom is 0.339 e. The smallest absolute Gasteiger partial charge is 0.339 e. The number of aromatic carboxylic acids is 1. The number of amides is 1. The third-order valence-electron chi connectivity index (χ3n) is 3.28. The summed E-state index contributed by atoms with van der Waals surface area (Å²) in [5, 5.41) is 11.8. The lowest BCUT2D eigenvalue weighted by molar-refractivity contribution is 0.0694. The van der Waals surface area contributed by atoms with Gasteiger partial charge in [0.2, 0.25) is 0 Å². The average molecular weight is 287 g/mol. The molecule has 0 saturated heterocycles. The van der Waals surface area contributed by atoms with Crippen molar-refractivity contribution in [3.8, 4) is 0 Å². The number of furan rings is 1. The summed E-state index contributed by atoms with van der Waals surface area (Å²) in [5.74, 6) is -1.17. The molecule has 5 nitrogen and oxygen atoms in total. The minimum absolute atomic E-state index is 0.0258. The number of carboxylic acids is 1. The standard InChI is InChI=1S/C16H17NO4/c1-3-13-12(16(19)20)8-14(21-13)15(18)17-9-11-7-5-4-6-10(11)2/h4-8H,3,9H2,1-2H3,(H,17,18)(H,19,20). The first-order chi connectivity index (χ1) is 10.0. The molecule has 2 aromatic rings. The van der Waals surface area contributed by atoms with Crippen molar-refractivity contribution in [3.05, 3.63) is 58.5 Å². The number of aryl methyl sites for hydroxylation is 2. The predicted molar refractivity (Wildman–Crippen MR) is 77.4 cm³/mol. The number of rotatable bonds is 5. The van der Waals surface area contributed by atoms with Crippen LogP contribution in [0, 0.1) is 6.92 Å². The number of nitrogens with one attached hydrogen (secondary N) is 1. The van der Waals surface area contributed by atoms with Crippen LogP contribution < -0.4 is 5.32 Å². The summed E-state index contributed by atoms with van der Waals surface area (Å²) in [5.41, 5.74) is 2.13. The van der Waals surface area contributed by atoms with Crippen molar-refractivity contribution < 1.29 is 19.1 Å². The zero-order chi connectivity index (χ0) is 15.4. The molecule has 2 rings (SSSR count). The molecule has 0 fully saturated rings. The first-order valence-electron chi connectivity index (χ1n) is 6.71. The highest BCUT2D eigenvalue weighted by atomic mass is 16.4. The molecule has 0 spiro atoms. The number of hydrogen-bond donors (Lipinski definition) is 2. The van der Waals surface area contributed by atoms with Gasteiger partial charge in [0.05, 0.1) is 0 Å². The van der Waals surface area contributed by atoms with Crippen LogP contribution in [0.3, 0.4) is 0 Å². The quantitative estimate of drug-likeness (QED) is 0.886. The lowest BCUT2D eigenvalue weighted by Gasteiger charge is -2.06. The molecule has 5 heteroatoms. The third-order valence-corrected chi connectivity index (χ3v) is 3.28. The summed E-state index contributed by atoms with van der Waals surface area (Å²) < 4.78 is 5.31. The first kappa shape index (κ1) is 14.8. The zero-order valence-corrected chi connectivity index (χ0v) is 12.0. The minimum Gasteiger partial charge on any atom is -0.478 e. The van der Waals surface area contributed by atoms with Crippen LogP contribution in [0.4, 0.5) is 0 Å². The van der Waals surface area contributed by atoms with E-state index >= 15 is 0 Å². The normalized spacial score (nSPS) is 10.4. The highest BCUT2D eigenvalue weighted by Crippen LogP contribution is 2.16. The monoisotopic (exact) mass is 287 g/mol. The van der Waals surface area contributed by atoms with E-state index < -0.39 is 11.9 Å². The molecular formula is C16H17NO4. The van der Waals surface area contributed by atoms with E-state index in [2.05, 4.69) is 5.32 Å². The summed E-state index contributed by atoms with van der Waals surface area (Å²) in [6.07, 6.45) is 0.423. The third kappa shape index (κ3) is 3.31. The van der Waals surface area contributed by atoms with Gasteiger partial charge in [-0.25, -0.2) is 4.79 Å². The van der Waals surface area contributed by atoms with Crippen molar-refractivity contribution in [2.75, 3.05) is 0 Å². The van der Waals surface area contributed by atoms with Gasteiger partial charge < -0.3 is 14.8 Å². The molecule has 0 atom stereocenters. The maximum absolute atomic E-state index is 12.0. The molecule has 0 bridgehead atoms. The van der Waals surface area contributed by atoms with Gasteiger partial charge in [0.1, 0.15) is 11.3 Å². The molecule has 0 aliphatic heterocycles. The summed E-state index contributed by atoms with van der Waals surface area (Å²) in [6.45, 7) is 4.11. The van der Waals surface area contributed by atoms with E-state index in [1.54, 1.807) is 6.92 Å². The second-order valence-corrected chi connectivity index (χ2v) is 4.72. The highest BCUT2D eigenvalue weighted by Gasteiger charge is 2.19. The van der Waals surface area contributed by atoms with Crippen LogP contribution in [0.5, 0.6) is 0 Å². The Morgan fingerprint density at radius 3 is 2.57 bits per heavy atom. The van der Waals surface area contributed by atoms with E-state index in [-0.39, 0.29) is 11.3 Å². The number of carboxylic acid groups (broad SMARTS) is 1. The van der Waals surface area contributed by atoms with E-state index in [0.717, 1.165) is 11.1 Å². The van der Waals surface area contributed by atoms with Crippen molar-refractivity contribution in [1.29, 1.82) is 0 Å². The Bertz CT molecular complexity index is 673. The van der Waals surface area contributed by atoms with Crippen molar-refractivity contribution >= 4 is 11.9 Å². The van der Waals surface area contributed by atoms with Gasteiger partial charge in [-0.2, -0.15) is 0 Å². The fourth-order valence-corrected chi connectivity index (χ4v) is 2.06. The molecule has 0 saturated carbocycles. The molecule has 21 heavy (non-hydrogen) atoms. The molecule has 0 unspecified atom stereocenters. The molecule has 1 aromatic carbocycles. The van der Waals surface area contributed by atoms with Crippen LogP contribution in [0.1, 0.15) is 44.7 Å². The average Bonchev–Trinajstić information content (AvgIpc) is 2.90. The molecule has 110 valence electrons. The van der Waals surface area contributed by atoms with Crippen LogP contribution in [-0.2, 0) is 13.0 Å². The van der Waals surface area contributed by atoms with Crippen LogP contribution in [-0.4, -0.2) is 17.0 Å². The minimum atomic E-state index is -1.09. The van der Waals surface area contributed by atoms with Gasteiger partial charge >= 0.3 is 5.97 Å². The highest BCUT2D eigenvalue weighted by molar-refractivity contribution is 5.96. The topological polar surface area (TPSA) is 79.5 Å². The Labute approximate surface area is 122 Å². The Balaban J connectivity index is 2.11. The van der Waals surface area contributed by atoms with Crippen LogP contribution >= 0.6 is 0 Å². The second kappa shape index (κ2) is 6.26.